The Labute approximate surface area is 118 Å². The van der Waals surface area contributed by atoms with Crippen molar-refractivity contribution in [2.45, 2.75) is 29.7 Å². The minimum atomic E-state index is -0.162. The fraction of sp³-hybridized carbons (Fsp3) is 0.250. The number of aryl methyl sites for hydroxylation is 1. The van der Waals surface area contributed by atoms with E-state index in [1.807, 2.05) is 57.3 Å². The van der Waals surface area contributed by atoms with Crippen molar-refractivity contribution in [3.05, 3.63) is 59.4 Å². The van der Waals surface area contributed by atoms with Gasteiger partial charge in [0.05, 0.1) is 0 Å². The van der Waals surface area contributed by atoms with Crippen LogP contribution in [0.3, 0.4) is 0 Å². The van der Waals surface area contributed by atoms with Crippen LogP contribution in [0.2, 0.25) is 0 Å². The van der Waals surface area contributed by atoms with Crippen molar-refractivity contribution < 1.29 is 4.39 Å². The molecule has 0 saturated carbocycles. The summed E-state index contributed by atoms with van der Waals surface area (Å²) in [6, 6.07) is 13.7. The second-order valence-electron chi connectivity index (χ2n) is 4.62. The zero-order chi connectivity index (χ0) is 13.8. The van der Waals surface area contributed by atoms with Crippen molar-refractivity contribution in [2.24, 2.45) is 0 Å². The van der Waals surface area contributed by atoms with Gasteiger partial charge in [-0.3, -0.25) is 0 Å². The predicted molar refractivity (Wildman–Crippen MR) is 79.2 cm³/mol. The number of benzene rings is 2. The maximum Gasteiger partial charge on any atom is 0.137 e. The molecule has 1 atom stereocenters. The maximum absolute atomic E-state index is 14.1. The Bertz CT molecular complexity index is 551. The second-order valence-corrected chi connectivity index (χ2v) is 5.73. The molecule has 0 heterocycles. The van der Waals surface area contributed by atoms with E-state index in [9.17, 15) is 4.39 Å². The Morgan fingerprint density at radius 2 is 1.79 bits per heavy atom. The highest BCUT2D eigenvalue weighted by Crippen LogP contribution is 2.31. The Hall–Kier alpha value is -1.32. The van der Waals surface area contributed by atoms with Crippen LogP contribution < -0.4 is 5.32 Å². The standard InChI is InChI=1S/C16H18FNS/c1-11-4-7-14(8-5-11)19-16-9-6-13(10-15(16)17)12(2)18-3/h4-10,12,18H,1-3H3. The molecule has 1 N–H and O–H groups in total. The van der Waals surface area contributed by atoms with Gasteiger partial charge in [0.15, 0.2) is 0 Å². The molecule has 1 nitrogen and oxygen atoms in total. The molecule has 0 aromatic heterocycles. The fourth-order valence-electron chi connectivity index (χ4n) is 1.77. The Morgan fingerprint density at radius 1 is 1.11 bits per heavy atom. The number of halogens is 1. The third kappa shape index (κ3) is 3.58. The zero-order valence-corrected chi connectivity index (χ0v) is 12.2. The molecule has 0 radical (unpaired) electrons. The normalized spacial score (nSPS) is 12.4. The van der Waals surface area contributed by atoms with E-state index >= 15 is 0 Å². The van der Waals surface area contributed by atoms with Gasteiger partial charge in [0.1, 0.15) is 5.82 Å². The zero-order valence-electron chi connectivity index (χ0n) is 11.4. The van der Waals surface area contributed by atoms with E-state index in [1.54, 1.807) is 6.07 Å². The predicted octanol–water partition coefficient (Wildman–Crippen LogP) is 4.57. The first-order valence-corrected chi connectivity index (χ1v) is 7.13. The summed E-state index contributed by atoms with van der Waals surface area (Å²) in [4.78, 5) is 1.72. The molecule has 0 aliphatic carbocycles. The minimum absolute atomic E-state index is 0.160. The maximum atomic E-state index is 14.1. The molecule has 0 aliphatic heterocycles. The quantitative estimate of drug-likeness (QED) is 0.877. The van der Waals surface area contributed by atoms with Gasteiger partial charge in [-0.1, -0.05) is 35.5 Å². The SMILES string of the molecule is CNC(C)c1ccc(Sc2ccc(C)cc2)c(F)c1. The summed E-state index contributed by atoms with van der Waals surface area (Å²) >= 11 is 1.46. The number of hydrogen-bond acceptors (Lipinski definition) is 2. The topological polar surface area (TPSA) is 12.0 Å². The van der Waals surface area contributed by atoms with Crippen LogP contribution in [0.15, 0.2) is 52.3 Å². The monoisotopic (exact) mass is 275 g/mol. The van der Waals surface area contributed by atoms with Crippen LogP contribution in [0, 0.1) is 12.7 Å². The van der Waals surface area contributed by atoms with Gasteiger partial charge in [-0.25, -0.2) is 4.39 Å². The first-order valence-electron chi connectivity index (χ1n) is 6.31. The highest BCUT2D eigenvalue weighted by Gasteiger charge is 2.08. The van der Waals surface area contributed by atoms with E-state index in [4.69, 9.17) is 0 Å². The molecule has 0 aliphatic rings. The molecule has 2 rings (SSSR count). The van der Waals surface area contributed by atoms with E-state index in [0.29, 0.717) is 4.90 Å². The van der Waals surface area contributed by atoms with E-state index in [0.717, 1.165) is 10.5 Å². The lowest BCUT2D eigenvalue weighted by Gasteiger charge is -2.12. The van der Waals surface area contributed by atoms with Gasteiger partial charge in [0.25, 0.3) is 0 Å². The molecule has 100 valence electrons. The summed E-state index contributed by atoms with van der Waals surface area (Å²) in [6.45, 7) is 4.06. The van der Waals surface area contributed by atoms with Crippen molar-refractivity contribution in [1.29, 1.82) is 0 Å². The van der Waals surface area contributed by atoms with Crippen LogP contribution in [0.5, 0.6) is 0 Å². The van der Waals surface area contributed by atoms with E-state index < -0.39 is 0 Å². The van der Waals surface area contributed by atoms with Gasteiger partial charge in [-0.2, -0.15) is 0 Å². The van der Waals surface area contributed by atoms with Crippen LogP contribution >= 0.6 is 11.8 Å². The van der Waals surface area contributed by atoms with Crippen molar-refractivity contribution in [2.75, 3.05) is 7.05 Å². The highest BCUT2D eigenvalue weighted by atomic mass is 32.2. The van der Waals surface area contributed by atoms with Gasteiger partial charge in [-0.15, -0.1) is 0 Å². The van der Waals surface area contributed by atoms with Gasteiger partial charge >= 0.3 is 0 Å². The highest BCUT2D eigenvalue weighted by molar-refractivity contribution is 7.99. The minimum Gasteiger partial charge on any atom is -0.313 e. The first-order chi connectivity index (χ1) is 9.10. The molecule has 2 aromatic carbocycles. The summed E-state index contributed by atoms with van der Waals surface area (Å²) in [5.41, 5.74) is 2.18. The van der Waals surface area contributed by atoms with E-state index in [1.165, 1.54) is 17.3 Å². The van der Waals surface area contributed by atoms with Gasteiger partial charge in [-0.05, 0) is 50.7 Å². The van der Waals surface area contributed by atoms with Crippen molar-refractivity contribution >= 4 is 11.8 Å². The number of hydrogen-bond donors (Lipinski definition) is 1. The summed E-state index contributed by atoms with van der Waals surface area (Å²) in [5.74, 6) is -0.162. The summed E-state index contributed by atoms with van der Waals surface area (Å²) in [6.07, 6.45) is 0. The number of nitrogens with one attached hydrogen (secondary N) is 1. The molecule has 1 unspecified atom stereocenters. The molecular formula is C16H18FNS. The average molecular weight is 275 g/mol. The summed E-state index contributed by atoms with van der Waals surface area (Å²) in [7, 11) is 1.87. The summed E-state index contributed by atoms with van der Waals surface area (Å²) in [5, 5.41) is 3.11. The van der Waals surface area contributed by atoms with Crippen molar-refractivity contribution in [3.63, 3.8) is 0 Å². The Balaban J connectivity index is 2.19. The van der Waals surface area contributed by atoms with Crippen LogP contribution in [-0.4, -0.2) is 7.05 Å². The summed E-state index contributed by atoms with van der Waals surface area (Å²) < 4.78 is 14.1. The smallest absolute Gasteiger partial charge is 0.137 e. The molecule has 0 amide bonds. The lowest BCUT2D eigenvalue weighted by atomic mass is 10.1. The van der Waals surface area contributed by atoms with Gasteiger partial charge < -0.3 is 5.32 Å². The largest absolute Gasteiger partial charge is 0.313 e. The molecule has 0 saturated heterocycles. The first kappa shape index (κ1) is 14.1. The van der Waals surface area contributed by atoms with Gasteiger partial charge in [0.2, 0.25) is 0 Å². The van der Waals surface area contributed by atoms with Crippen molar-refractivity contribution in [1.82, 2.24) is 5.32 Å². The van der Waals surface area contributed by atoms with Crippen LogP contribution in [-0.2, 0) is 0 Å². The molecule has 2 aromatic rings. The third-order valence-corrected chi connectivity index (χ3v) is 4.20. The fourth-order valence-corrected chi connectivity index (χ4v) is 2.59. The van der Waals surface area contributed by atoms with Crippen LogP contribution in [0.25, 0.3) is 0 Å². The molecule has 0 bridgehead atoms. The van der Waals surface area contributed by atoms with Gasteiger partial charge in [0, 0.05) is 15.8 Å². The molecule has 0 spiro atoms. The molecule has 3 heteroatoms. The second kappa shape index (κ2) is 6.22. The average Bonchev–Trinajstić information content (AvgIpc) is 2.42. The molecular weight excluding hydrogens is 257 g/mol. The molecule has 19 heavy (non-hydrogen) atoms. The van der Waals surface area contributed by atoms with E-state index in [-0.39, 0.29) is 11.9 Å². The van der Waals surface area contributed by atoms with E-state index in [2.05, 4.69) is 5.32 Å². The lowest BCUT2D eigenvalue weighted by Crippen LogP contribution is -2.12. The Morgan fingerprint density at radius 3 is 2.37 bits per heavy atom. The Kier molecular flexibility index (Phi) is 4.61. The van der Waals surface area contributed by atoms with Crippen molar-refractivity contribution in [3.8, 4) is 0 Å². The third-order valence-electron chi connectivity index (χ3n) is 3.14. The van der Waals surface area contributed by atoms with Crippen LogP contribution in [0.1, 0.15) is 24.1 Å². The molecule has 0 fully saturated rings. The lowest BCUT2D eigenvalue weighted by molar-refractivity contribution is 0.587. The number of rotatable bonds is 4. The van der Waals surface area contributed by atoms with Crippen LogP contribution in [0.4, 0.5) is 4.39 Å².